The van der Waals surface area contributed by atoms with E-state index in [1.165, 1.54) is 23.4 Å². The SMILES string of the molecule is CC1CCc2[nH]c3c(C(=O)NCC(=O)Nc4cccc5c(=O)[nH][nH]c(=O)c45)cccc3c2C1. The highest BCUT2D eigenvalue weighted by Crippen LogP contribution is 2.32. The Labute approximate surface area is 187 Å². The number of para-hydroxylation sites is 1. The summed E-state index contributed by atoms with van der Waals surface area (Å²) in [6.07, 6.45) is 3.06. The third kappa shape index (κ3) is 3.71. The third-order valence-electron chi connectivity index (χ3n) is 6.22. The van der Waals surface area contributed by atoms with Gasteiger partial charge in [-0.2, -0.15) is 0 Å². The van der Waals surface area contributed by atoms with Gasteiger partial charge in [0, 0.05) is 11.1 Å². The second-order valence-electron chi connectivity index (χ2n) is 8.53. The number of hydrogen-bond donors (Lipinski definition) is 5. The molecule has 0 aliphatic heterocycles. The standard InChI is InChI=1S/C24H23N5O4/c1-12-8-9-17-16(10-12)13-4-2-6-15(21(13)27-17)22(31)25-11-19(30)26-18-7-3-5-14-20(18)24(33)29-28-23(14)32/h2-7,12,27H,8-11H2,1H3,(H,25,31)(H,26,30)(H,28,32)(H,29,33). The van der Waals surface area contributed by atoms with Gasteiger partial charge in [-0.05, 0) is 48.9 Å². The summed E-state index contributed by atoms with van der Waals surface area (Å²) in [4.78, 5) is 52.9. The summed E-state index contributed by atoms with van der Waals surface area (Å²) in [5, 5.41) is 11.1. The van der Waals surface area contributed by atoms with Crippen molar-refractivity contribution in [3.05, 3.63) is 73.9 Å². The van der Waals surface area contributed by atoms with Crippen LogP contribution >= 0.6 is 0 Å². The summed E-state index contributed by atoms with van der Waals surface area (Å²) >= 11 is 0. The Balaban J connectivity index is 1.34. The van der Waals surface area contributed by atoms with Crippen molar-refractivity contribution >= 4 is 39.2 Å². The number of aromatic amines is 3. The van der Waals surface area contributed by atoms with Gasteiger partial charge in [0.25, 0.3) is 17.0 Å². The number of fused-ring (bicyclic) bond motifs is 4. The zero-order valence-corrected chi connectivity index (χ0v) is 18.0. The molecule has 2 aromatic heterocycles. The number of anilines is 1. The number of benzene rings is 2. The summed E-state index contributed by atoms with van der Waals surface area (Å²) in [5.74, 6) is -0.272. The molecule has 1 atom stereocenters. The van der Waals surface area contributed by atoms with Gasteiger partial charge in [0.2, 0.25) is 5.91 Å². The fourth-order valence-electron chi connectivity index (χ4n) is 4.59. The monoisotopic (exact) mass is 445 g/mol. The van der Waals surface area contributed by atoms with Gasteiger partial charge in [-0.15, -0.1) is 0 Å². The zero-order valence-electron chi connectivity index (χ0n) is 18.0. The number of H-pyrrole nitrogens is 3. The molecule has 0 radical (unpaired) electrons. The fraction of sp³-hybridized carbons (Fsp3) is 0.250. The van der Waals surface area contributed by atoms with Crippen LogP contribution in [0.3, 0.4) is 0 Å². The highest BCUT2D eigenvalue weighted by atomic mass is 16.2. The van der Waals surface area contributed by atoms with Crippen molar-refractivity contribution in [1.29, 1.82) is 0 Å². The van der Waals surface area contributed by atoms with Crippen molar-refractivity contribution in [3.63, 3.8) is 0 Å². The van der Waals surface area contributed by atoms with Gasteiger partial charge < -0.3 is 15.6 Å². The Bertz CT molecular complexity index is 1530. The maximum atomic E-state index is 12.9. The van der Waals surface area contributed by atoms with Crippen LogP contribution in [0.4, 0.5) is 5.69 Å². The van der Waals surface area contributed by atoms with Crippen LogP contribution in [0.15, 0.2) is 46.0 Å². The van der Waals surface area contributed by atoms with Gasteiger partial charge in [-0.25, -0.2) is 0 Å². The van der Waals surface area contributed by atoms with E-state index in [0.29, 0.717) is 11.5 Å². The molecule has 0 saturated carbocycles. The van der Waals surface area contributed by atoms with E-state index in [2.05, 4.69) is 32.7 Å². The predicted molar refractivity (Wildman–Crippen MR) is 126 cm³/mol. The molecule has 5 N–H and O–H groups in total. The number of carbonyl (C=O) groups excluding carboxylic acids is 2. The highest BCUT2D eigenvalue weighted by Gasteiger charge is 2.22. The lowest BCUT2D eigenvalue weighted by atomic mass is 9.87. The molecule has 9 heteroatoms. The molecule has 33 heavy (non-hydrogen) atoms. The van der Waals surface area contributed by atoms with Crippen molar-refractivity contribution < 1.29 is 9.59 Å². The highest BCUT2D eigenvalue weighted by molar-refractivity contribution is 6.09. The van der Waals surface area contributed by atoms with Crippen LogP contribution in [0.25, 0.3) is 21.7 Å². The average Bonchev–Trinajstić information content (AvgIpc) is 3.18. The molecule has 0 saturated heterocycles. The third-order valence-corrected chi connectivity index (χ3v) is 6.22. The minimum absolute atomic E-state index is 0.0805. The second kappa shape index (κ2) is 8.09. The van der Waals surface area contributed by atoms with Crippen molar-refractivity contribution in [1.82, 2.24) is 20.5 Å². The summed E-state index contributed by atoms with van der Waals surface area (Å²) in [6, 6.07) is 10.2. The first kappa shape index (κ1) is 20.7. The van der Waals surface area contributed by atoms with Gasteiger partial charge in [0.05, 0.1) is 34.1 Å². The quantitative estimate of drug-likeness (QED) is 0.328. The van der Waals surface area contributed by atoms with Crippen molar-refractivity contribution in [2.24, 2.45) is 5.92 Å². The van der Waals surface area contributed by atoms with Crippen molar-refractivity contribution in [3.8, 4) is 0 Å². The fourth-order valence-corrected chi connectivity index (χ4v) is 4.59. The van der Waals surface area contributed by atoms with E-state index < -0.39 is 17.0 Å². The van der Waals surface area contributed by atoms with Crippen LogP contribution in [0, 0.1) is 5.92 Å². The zero-order chi connectivity index (χ0) is 23.1. The van der Waals surface area contributed by atoms with Gasteiger partial charge >= 0.3 is 0 Å². The lowest BCUT2D eigenvalue weighted by Crippen LogP contribution is -2.33. The molecular weight excluding hydrogens is 422 g/mol. The predicted octanol–water partition coefficient (Wildman–Crippen LogP) is 2.19. The van der Waals surface area contributed by atoms with Crippen LogP contribution in [0.1, 0.15) is 35.0 Å². The summed E-state index contributed by atoms with van der Waals surface area (Å²) in [5.41, 5.74) is 2.92. The molecule has 1 unspecified atom stereocenters. The van der Waals surface area contributed by atoms with E-state index in [4.69, 9.17) is 0 Å². The van der Waals surface area contributed by atoms with Gasteiger partial charge in [-0.1, -0.05) is 25.1 Å². The summed E-state index contributed by atoms with van der Waals surface area (Å²) in [6.45, 7) is 1.95. The van der Waals surface area contributed by atoms with E-state index in [-0.39, 0.29) is 28.9 Å². The molecule has 168 valence electrons. The largest absolute Gasteiger partial charge is 0.358 e. The van der Waals surface area contributed by atoms with Crippen LogP contribution < -0.4 is 21.8 Å². The smallest absolute Gasteiger partial charge is 0.272 e. The molecule has 9 nitrogen and oxygen atoms in total. The Morgan fingerprint density at radius 1 is 1.03 bits per heavy atom. The number of nitrogens with one attached hydrogen (secondary N) is 5. The normalized spacial score (nSPS) is 15.4. The molecule has 4 aromatic rings. The minimum Gasteiger partial charge on any atom is -0.358 e. The molecule has 0 spiro atoms. The Kier molecular flexibility index (Phi) is 5.08. The molecule has 5 rings (SSSR count). The van der Waals surface area contributed by atoms with Crippen molar-refractivity contribution in [2.75, 3.05) is 11.9 Å². The number of aryl methyl sites for hydroxylation is 1. The number of rotatable bonds is 4. The van der Waals surface area contributed by atoms with Gasteiger partial charge in [0.1, 0.15) is 0 Å². The first-order chi connectivity index (χ1) is 15.9. The molecule has 2 aromatic carbocycles. The molecule has 1 aliphatic carbocycles. The van der Waals surface area contributed by atoms with Gasteiger partial charge in [0.15, 0.2) is 0 Å². The minimum atomic E-state index is -0.527. The molecule has 2 heterocycles. The van der Waals surface area contributed by atoms with E-state index >= 15 is 0 Å². The van der Waals surface area contributed by atoms with Crippen LogP contribution in [0.2, 0.25) is 0 Å². The van der Waals surface area contributed by atoms with Gasteiger partial charge in [-0.3, -0.25) is 29.4 Å². The maximum Gasteiger partial charge on any atom is 0.272 e. The lowest BCUT2D eigenvalue weighted by Gasteiger charge is -2.17. The van der Waals surface area contributed by atoms with Crippen molar-refractivity contribution in [2.45, 2.75) is 26.2 Å². The molecule has 2 amide bonds. The van der Waals surface area contributed by atoms with E-state index in [1.54, 1.807) is 12.1 Å². The summed E-state index contributed by atoms with van der Waals surface area (Å²) in [7, 11) is 0. The van der Waals surface area contributed by atoms with Crippen LogP contribution in [-0.2, 0) is 17.6 Å². The maximum absolute atomic E-state index is 12.9. The Morgan fingerprint density at radius 2 is 1.79 bits per heavy atom. The first-order valence-electron chi connectivity index (χ1n) is 10.9. The molecule has 0 fully saturated rings. The van der Waals surface area contributed by atoms with Crippen LogP contribution in [-0.4, -0.2) is 33.5 Å². The summed E-state index contributed by atoms with van der Waals surface area (Å²) < 4.78 is 0. The van der Waals surface area contributed by atoms with Crippen LogP contribution in [0.5, 0.6) is 0 Å². The molecular formula is C24H23N5O4. The topological polar surface area (TPSA) is 140 Å². The number of aromatic nitrogens is 3. The first-order valence-corrected chi connectivity index (χ1v) is 10.9. The average molecular weight is 445 g/mol. The van der Waals surface area contributed by atoms with E-state index in [9.17, 15) is 19.2 Å². The lowest BCUT2D eigenvalue weighted by molar-refractivity contribution is -0.115. The van der Waals surface area contributed by atoms with E-state index in [0.717, 1.165) is 30.2 Å². The number of carbonyl (C=O) groups is 2. The number of amides is 2. The molecule has 1 aliphatic rings. The Hall–Kier alpha value is -4.14. The number of hydrogen-bond acceptors (Lipinski definition) is 4. The Morgan fingerprint density at radius 3 is 2.64 bits per heavy atom. The van der Waals surface area contributed by atoms with E-state index in [1.807, 2.05) is 12.1 Å². The second-order valence-corrected chi connectivity index (χ2v) is 8.53. The molecule has 0 bridgehead atoms.